The van der Waals surface area contributed by atoms with E-state index < -0.39 is 11.7 Å². The third-order valence-electron chi connectivity index (χ3n) is 10.8. The molecule has 0 aliphatic rings. The molecule has 0 spiro atoms. The maximum absolute atomic E-state index is 14.5. The molecule has 6 heteroatoms. The summed E-state index contributed by atoms with van der Waals surface area (Å²) in [5.74, 6) is 0.552. The number of para-hydroxylation sites is 1. The van der Waals surface area contributed by atoms with Crippen molar-refractivity contribution in [2.24, 2.45) is 0 Å². The van der Waals surface area contributed by atoms with Crippen molar-refractivity contribution in [3.05, 3.63) is 187 Å². The second-order valence-corrected chi connectivity index (χ2v) is 15.9. The molecule has 3 nitrogen and oxygen atoms in total. The molecule has 0 N–H and O–H groups in total. The molecule has 0 saturated heterocycles. The van der Waals surface area contributed by atoms with E-state index in [-0.39, 0.29) is 5.41 Å². The summed E-state index contributed by atoms with van der Waals surface area (Å²) >= 11 is 0. The molecule has 9 aromatic rings. The van der Waals surface area contributed by atoms with E-state index in [0.29, 0.717) is 22.6 Å². The summed E-state index contributed by atoms with van der Waals surface area (Å²) in [6.45, 7) is 8.66. The van der Waals surface area contributed by atoms with Gasteiger partial charge in [0, 0.05) is 38.6 Å². The second-order valence-electron chi connectivity index (χ2n) is 15.9. The first kappa shape index (κ1) is 36.8. The summed E-state index contributed by atoms with van der Waals surface area (Å²) in [5.41, 5.74) is 11.0. The maximum Gasteiger partial charge on any atom is 0.416 e. The summed E-state index contributed by atoms with van der Waals surface area (Å²) in [6, 6.07) is 54.7. The van der Waals surface area contributed by atoms with Crippen LogP contribution in [-0.4, -0.2) is 14.5 Å². The van der Waals surface area contributed by atoms with E-state index in [2.05, 4.69) is 86.9 Å². The Bertz CT molecular complexity index is 2920. The first-order chi connectivity index (χ1) is 27.9. The van der Waals surface area contributed by atoms with Crippen LogP contribution in [0, 0.1) is 6.92 Å². The number of hydrogen-bond acceptors (Lipinski definition) is 2. The third-order valence-corrected chi connectivity index (χ3v) is 10.8. The fraction of sp³-hybridized carbons (Fsp3) is 0.115. The van der Waals surface area contributed by atoms with Gasteiger partial charge in [0.1, 0.15) is 0 Å². The van der Waals surface area contributed by atoms with Gasteiger partial charge in [0.25, 0.3) is 0 Å². The third kappa shape index (κ3) is 6.85. The molecular weight excluding hydrogens is 724 g/mol. The number of fused-ring (bicyclic) bond motifs is 3. The van der Waals surface area contributed by atoms with Crippen molar-refractivity contribution < 1.29 is 13.2 Å². The summed E-state index contributed by atoms with van der Waals surface area (Å²) in [6.07, 6.45) is -4.54. The number of halogens is 3. The zero-order valence-corrected chi connectivity index (χ0v) is 32.6. The summed E-state index contributed by atoms with van der Waals surface area (Å²) < 4.78 is 45.8. The largest absolute Gasteiger partial charge is 0.416 e. The molecule has 0 fully saturated rings. The number of aromatic nitrogens is 3. The molecule has 0 aliphatic heterocycles. The van der Waals surface area contributed by atoms with Crippen LogP contribution in [0.3, 0.4) is 0 Å². The van der Waals surface area contributed by atoms with E-state index >= 15 is 0 Å². The highest BCUT2D eigenvalue weighted by Crippen LogP contribution is 2.45. The van der Waals surface area contributed by atoms with Crippen molar-refractivity contribution in [2.45, 2.75) is 39.3 Å². The van der Waals surface area contributed by atoms with Gasteiger partial charge in [-0.3, -0.25) is 0 Å². The number of benzene rings is 7. The fourth-order valence-corrected chi connectivity index (χ4v) is 7.89. The Kier molecular flexibility index (Phi) is 9.08. The lowest BCUT2D eigenvalue weighted by atomic mass is 9.86. The van der Waals surface area contributed by atoms with Gasteiger partial charge in [0.15, 0.2) is 5.82 Å². The Balaban J connectivity index is 1.43. The lowest BCUT2D eigenvalue weighted by Gasteiger charge is -2.22. The highest BCUT2D eigenvalue weighted by Gasteiger charge is 2.31. The lowest BCUT2D eigenvalue weighted by Crippen LogP contribution is -2.10. The molecule has 9 rings (SSSR count). The predicted molar refractivity (Wildman–Crippen MR) is 232 cm³/mol. The molecule has 58 heavy (non-hydrogen) atoms. The highest BCUT2D eigenvalue weighted by molar-refractivity contribution is 6.11. The maximum atomic E-state index is 14.5. The van der Waals surface area contributed by atoms with Crippen LogP contribution in [0.15, 0.2) is 170 Å². The van der Waals surface area contributed by atoms with E-state index in [1.165, 1.54) is 17.7 Å². The predicted octanol–water partition coefficient (Wildman–Crippen LogP) is 14.5. The number of alkyl halides is 3. The Morgan fingerprint density at radius 1 is 0.448 bits per heavy atom. The van der Waals surface area contributed by atoms with Crippen molar-refractivity contribution in [2.75, 3.05) is 0 Å². The molecular formula is C52H40F3N3. The van der Waals surface area contributed by atoms with E-state index in [1.807, 2.05) is 91.0 Å². The van der Waals surface area contributed by atoms with Gasteiger partial charge in [-0.25, -0.2) is 9.97 Å². The van der Waals surface area contributed by atoms with Crippen LogP contribution in [0.4, 0.5) is 13.2 Å². The van der Waals surface area contributed by atoms with Crippen LogP contribution < -0.4 is 0 Å². The molecule has 0 aliphatic carbocycles. The zero-order chi connectivity index (χ0) is 40.2. The standard InChI is InChI=1S/C52H40F3N3/c1-33-15-13-20-36(27-33)42-29-38(46-32-45(34-16-7-5-8-17-34)56-50(57-46)35-18-9-6-10-19-35)30-43(37-21-14-22-40(28-37)52(53,54)55)49(42)58-47-24-12-11-23-41(47)44-31-39(51(2,3)4)25-26-48(44)58/h5-32H,1-4H3. The summed E-state index contributed by atoms with van der Waals surface area (Å²) in [4.78, 5) is 10.2. The van der Waals surface area contributed by atoms with E-state index in [1.54, 1.807) is 6.07 Å². The van der Waals surface area contributed by atoms with Gasteiger partial charge < -0.3 is 4.57 Å². The van der Waals surface area contributed by atoms with Gasteiger partial charge in [-0.2, -0.15) is 13.2 Å². The Morgan fingerprint density at radius 2 is 1.02 bits per heavy atom. The van der Waals surface area contributed by atoms with Gasteiger partial charge in [0.05, 0.1) is 33.7 Å². The quantitative estimate of drug-likeness (QED) is 0.169. The molecule has 0 radical (unpaired) electrons. The van der Waals surface area contributed by atoms with Crippen LogP contribution in [0.1, 0.15) is 37.5 Å². The zero-order valence-electron chi connectivity index (χ0n) is 32.6. The number of nitrogens with zero attached hydrogens (tertiary/aromatic N) is 3. The number of hydrogen-bond donors (Lipinski definition) is 0. The Morgan fingerprint density at radius 3 is 1.67 bits per heavy atom. The van der Waals surface area contributed by atoms with Gasteiger partial charge in [-0.1, -0.05) is 148 Å². The van der Waals surface area contributed by atoms with Crippen LogP contribution >= 0.6 is 0 Å². The van der Waals surface area contributed by atoms with Gasteiger partial charge in [-0.05, 0) is 77.6 Å². The van der Waals surface area contributed by atoms with Gasteiger partial charge in [-0.15, -0.1) is 0 Å². The molecule has 2 aromatic heterocycles. The molecule has 0 saturated carbocycles. The van der Waals surface area contributed by atoms with Crippen molar-refractivity contribution in [1.82, 2.24) is 14.5 Å². The van der Waals surface area contributed by atoms with Crippen LogP contribution in [0.5, 0.6) is 0 Å². The number of aryl methyl sites for hydroxylation is 1. The minimum absolute atomic E-state index is 0.0935. The fourth-order valence-electron chi connectivity index (χ4n) is 7.89. The highest BCUT2D eigenvalue weighted by atomic mass is 19.4. The van der Waals surface area contributed by atoms with Crippen LogP contribution in [-0.2, 0) is 11.6 Å². The first-order valence-corrected chi connectivity index (χ1v) is 19.4. The Labute approximate surface area is 336 Å². The molecule has 0 amide bonds. The van der Waals surface area contributed by atoms with Crippen molar-refractivity contribution in [3.63, 3.8) is 0 Å². The second kappa shape index (κ2) is 14.3. The first-order valence-electron chi connectivity index (χ1n) is 19.4. The monoisotopic (exact) mass is 763 g/mol. The smallest absolute Gasteiger partial charge is 0.308 e. The van der Waals surface area contributed by atoms with Crippen LogP contribution in [0.25, 0.3) is 83.6 Å². The summed E-state index contributed by atoms with van der Waals surface area (Å²) in [7, 11) is 0. The van der Waals surface area contributed by atoms with Crippen LogP contribution in [0.2, 0.25) is 0 Å². The van der Waals surface area contributed by atoms with Crippen molar-refractivity contribution in [3.8, 4) is 61.8 Å². The summed E-state index contributed by atoms with van der Waals surface area (Å²) in [5, 5.41) is 2.14. The Hall–Kier alpha value is -6.79. The van der Waals surface area contributed by atoms with E-state index in [9.17, 15) is 13.2 Å². The molecule has 284 valence electrons. The van der Waals surface area contributed by atoms with Crippen molar-refractivity contribution in [1.29, 1.82) is 0 Å². The molecule has 2 heterocycles. The molecule has 0 atom stereocenters. The van der Waals surface area contributed by atoms with Crippen molar-refractivity contribution >= 4 is 21.8 Å². The molecule has 7 aromatic carbocycles. The molecule has 0 bridgehead atoms. The minimum Gasteiger partial charge on any atom is -0.308 e. The minimum atomic E-state index is -4.54. The normalized spacial score (nSPS) is 12.1. The average molecular weight is 764 g/mol. The van der Waals surface area contributed by atoms with Gasteiger partial charge >= 0.3 is 6.18 Å². The van der Waals surface area contributed by atoms with E-state index in [4.69, 9.17) is 9.97 Å². The average Bonchev–Trinajstić information content (AvgIpc) is 3.56. The topological polar surface area (TPSA) is 30.7 Å². The number of rotatable bonds is 6. The SMILES string of the molecule is Cc1cccc(-c2cc(-c3cc(-c4ccccc4)nc(-c4ccccc4)n3)cc(-c3cccc(C(F)(F)F)c3)c2-n2c3ccccc3c3cc(C(C)(C)C)ccc32)c1. The van der Waals surface area contributed by atoms with E-state index in [0.717, 1.165) is 72.6 Å². The van der Waals surface area contributed by atoms with Gasteiger partial charge in [0.2, 0.25) is 0 Å². The lowest BCUT2D eigenvalue weighted by molar-refractivity contribution is -0.137. The molecule has 0 unspecified atom stereocenters.